The number of nitrogens with two attached hydrogens (primary N) is 2. The van der Waals surface area contributed by atoms with Gasteiger partial charge in [-0.2, -0.15) is 21.0 Å². The Morgan fingerprint density at radius 1 is 0.667 bits per heavy atom. The average molecular weight is 160 g/mol. The maximum absolute atomic E-state index is 8.40. The second kappa shape index (κ2) is 2.86. The van der Waals surface area contributed by atoms with Gasteiger partial charge in [-0.1, -0.05) is 0 Å². The molecule has 4 N–H and O–H groups in total. The molecule has 0 aromatic rings. The second-order valence-corrected chi connectivity index (χ2v) is 2.06. The Balaban J connectivity index is 5.38. The number of hydrogen-bond acceptors (Lipinski definition) is 6. The van der Waals surface area contributed by atoms with E-state index >= 15 is 0 Å². The highest BCUT2D eigenvalue weighted by Crippen LogP contribution is 2.13. The summed E-state index contributed by atoms with van der Waals surface area (Å²) in [7, 11) is 0. The fourth-order valence-electron chi connectivity index (χ4n) is 0.403. The van der Waals surface area contributed by atoms with Crippen LogP contribution in [-0.4, -0.2) is 11.1 Å². The Morgan fingerprint density at radius 2 is 0.833 bits per heavy atom. The Bertz CT molecular complexity index is 278. The Labute approximate surface area is 68.8 Å². The summed E-state index contributed by atoms with van der Waals surface area (Å²) in [5, 5.41) is 33.6. The summed E-state index contributed by atoms with van der Waals surface area (Å²) >= 11 is 0. The van der Waals surface area contributed by atoms with Gasteiger partial charge in [0.2, 0.25) is 11.1 Å². The third-order valence-corrected chi connectivity index (χ3v) is 1.33. The van der Waals surface area contributed by atoms with Gasteiger partial charge in [0.05, 0.1) is 0 Å². The van der Waals surface area contributed by atoms with Crippen LogP contribution in [0.25, 0.3) is 0 Å². The lowest BCUT2D eigenvalue weighted by molar-refractivity contribution is 0.515. The lowest BCUT2D eigenvalue weighted by Crippen LogP contribution is -2.63. The minimum atomic E-state index is -2.30. The van der Waals surface area contributed by atoms with Gasteiger partial charge >= 0.3 is 0 Å². The van der Waals surface area contributed by atoms with Crippen LogP contribution in [0.2, 0.25) is 0 Å². The molecule has 0 spiro atoms. The molecule has 0 heterocycles. The molecule has 0 aliphatic rings. The molecular weight excluding hydrogens is 156 g/mol. The molecule has 6 heteroatoms. The molecule has 0 bridgehead atoms. The second-order valence-electron chi connectivity index (χ2n) is 2.06. The van der Waals surface area contributed by atoms with Crippen LogP contribution < -0.4 is 11.5 Å². The molecule has 58 valence electrons. The van der Waals surface area contributed by atoms with Crippen molar-refractivity contribution in [1.82, 2.24) is 0 Å². The molecule has 0 radical (unpaired) electrons. The average Bonchev–Trinajstić information content (AvgIpc) is 2.15. The van der Waals surface area contributed by atoms with Gasteiger partial charge in [0.25, 0.3) is 0 Å². The van der Waals surface area contributed by atoms with E-state index < -0.39 is 11.1 Å². The van der Waals surface area contributed by atoms with E-state index in [0.717, 1.165) is 0 Å². The summed E-state index contributed by atoms with van der Waals surface area (Å²) in [6.45, 7) is 0. The predicted octanol–water partition coefficient (Wildman–Crippen LogP) is -1.52. The van der Waals surface area contributed by atoms with Crippen molar-refractivity contribution in [2.24, 2.45) is 11.5 Å². The van der Waals surface area contributed by atoms with Crippen LogP contribution in [0, 0.1) is 45.3 Å². The van der Waals surface area contributed by atoms with Gasteiger partial charge in [0.15, 0.2) is 0 Å². The quantitative estimate of drug-likeness (QED) is 0.475. The standard InChI is InChI=1S/C6H4N6/c7-1-5(11,2-8)6(12,3-9)4-10/h11-12H2. The summed E-state index contributed by atoms with van der Waals surface area (Å²) in [5.41, 5.74) is 5.62. The Kier molecular flexibility index (Phi) is 2.36. The van der Waals surface area contributed by atoms with Crippen molar-refractivity contribution < 1.29 is 0 Å². The molecule has 12 heavy (non-hydrogen) atoms. The molecule has 0 amide bonds. The fourth-order valence-corrected chi connectivity index (χ4v) is 0.403. The van der Waals surface area contributed by atoms with Gasteiger partial charge < -0.3 is 0 Å². The number of nitriles is 4. The summed E-state index contributed by atoms with van der Waals surface area (Å²) in [6, 6.07) is 5.27. The maximum Gasteiger partial charge on any atom is 0.236 e. The molecule has 0 aliphatic heterocycles. The summed E-state index contributed by atoms with van der Waals surface area (Å²) < 4.78 is 0. The SMILES string of the molecule is N#CC(N)(C#N)C(N)(C#N)C#N. The smallest absolute Gasteiger partial charge is 0.236 e. The predicted molar refractivity (Wildman–Crippen MR) is 36.3 cm³/mol. The van der Waals surface area contributed by atoms with Crippen molar-refractivity contribution in [1.29, 1.82) is 21.0 Å². The zero-order valence-corrected chi connectivity index (χ0v) is 5.94. The molecule has 0 aromatic heterocycles. The van der Waals surface area contributed by atoms with Crippen LogP contribution in [-0.2, 0) is 0 Å². The largest absolute Gasteiger partial charge is 0.298 e. The van der Waals surface area contributed by atoms with E-state index in [1.165, 1.54) is 24.3 Å². The lowest BCUT2D eigenvalue weighted by atomic mass is 9.82. The van der Waals surface area contributed by atoms with Crippen LogP contribution in [0.1, 0.15) is 0 Å². The Hall–Kier alpha value is -2.12. The fraction of sp³-hybridized carbons (Fsp3) is 0.333. The van der Waals surface area contributed by atoms with Crippen molar-refractivity contribution in [2.45, 2.75) is 11.1 Å². The van der Waals surface area contributed by atoms with E-state index in [4.69, 9.17) is 32.5 Å². The van der Waals surface area contributed by atoms with Crippen molar-refractivity contribution in [3.8, 4) is 24.3 Å². The molecule has 0 aliphatic carbocycles. The van der Waals surface area contributed by atoms with Crippen LogP contribution in [0.3, 0.4) is 0 Å². The first-order valence-corrected chi connectivity index (χ1v) is 2.72. The molecule has 0 saturated heterocycles. The monoisotopic (exact) mass is 160 g/mol. The first-order valence-electron chi connectivity index (χ1n) is 2.72. The molecular formula is C6H4N6. The molecule has 0 fully saturated rings. The van der Waals surface area contributed by atoms with Gasteiger partial charge in [0, 0.05) is 0 Å². The van der Waals surface area contributed by atoms with Gasteiger partial charge in [-0.15, -0.1) is 0 Å². The first kappa shape index (κ1) is 9.88. The van der Waals surface area contributed by atoms with Crippen molar-refractivity contribution in [3.63, 3.8) is 0 Å². The zero-order chi connectivity index (χ0) is 9.83. The van der Waals surface area contributed by atoms with Gasteiger partial charge in [-0.3, -0.25) is 11.5 Å². The van der Waals surface area contributed by atoms with E-state index in [2.05, 4.69) is 0 Å². The van der Waals surface area contributed by atoms with Crippen LogP contribution in [0.15, 0.2) is 0 Å². The van der Waals surface area contributed by atoms with Gasteiger partial charge in [0.1, 0.15) is 24.3 Å². The van der Waals surface area contributed by atoms with E-state index in [0.29, 0.717) is 0 Å². The normalized spacial score (nSPS) is 10.2. The molecule has 0 aromatic carbocycles. The molecule has 6 nitrogen and oxygen atoms in total. The van der Waals surface area contributed by atoms with E-state index in [-0.39, 0.29) is 0 Å². The van der Waals surface area contributed by atoms with Crippen LogP contribution >= 0.6 is 0 Å². The highest BCUT2D eigenvalue weighted by molar-refractivity contribution is 5.43. The number of nitrogens with zero attached hydrogens (tertiary/aromatic N) is 4. The van der Waals surface area contributed by atoms with Crippen molar-refractivity contribution in [3.05, 3.63) is 0 Å². The summed E-state index contributed by atoms with van der Waals surface area (Å²) in [6.07, 6.45) is 0. The number of hydrogen-bond donors (Lipinski definition) is 2. The van der Waals surface area contributed by atoms with E-state index in [1.807, 2.05) is 0 Å². The number of rotatable bonds is 1. The highest BCUT2D eigenvalue weighted by atomic mass is 14.9. The topological polar surface area (TPSA) is 147 Å². The third kappa shape index (κ3) is 1.05. The van der Waals surface area contributed by atoms with Crippen LogP contribution in [0.4, 0.5) is 0 Å². The maximum atomic E-state index is 8.40. The van der Waals surface area contributed by atoms with E-state index in [1.54, 1.807) is 0 Å². The van der Waals surface area contributed by atoms with Gasteiger partial charge in [-0.05, 0) is 0 Å². The van der Waals surface area contributed by atoms with Gasteiger partial charge in [-0.25, -0.2) is 0 Å². The summed E-state index contributed by atoms with van der Waals surface area (Å²) in [4.78, 5) is 0. The van der Waals surface area contributed by atoms with Crippen molar-refractivity contribution >= 4 is 0 Å². The highest BCUT2D eigenvalue weighted by Gasteiger charge is 2.49. The minimum Gasteiger partial charge on any atom is -0.298 e. The molecule has 0 unspecified atom stereocenters. The van der Waals surface area contributed by atoms with E-state index in [9.17, 15) is 0 Å². The Morgan fingerprint density at radius 3 is 0.917 bits per heavy atom. The molecule has 0 saturated carbocycles. The lowest BCUT2D eigenvalue weighted by Gasteiger charge is -2.21. The first-order chi connectivity index (χ1) is 5.49. The minimum absolute atomic E-state index is 1.32. The molecule has 0 atom stereocenters. The van der Waals surface area contributed by atoms with Crippen molar-refractivity contribution in [2.75, 3.05) is 0 Å². The molecule has 0 rings (SSSR count). The van der Waals surface area contributed by atoms with Crippen LogP contribution in [0.5, 0.6) is 0 Å². The third-order valence-electron chi connectivity index (χ3n) is 1.33. The zero-order valence-electron chi connectivity index (χ0n) is 5.94. The summed E-state index contributed by atoms with van der Waals surface area (Å²) in [5.74, 6) is 0.